The highest BCUT2D eigenvalue weighted by molar-refractivity contribution is 7.89. The Labute approximate surface area is 171 Å². The molecule has 8 heteroatoms. The third-order valence-electron chi connectivity index (χ3n) is 4.95. The zero-order chi connectivity index (χ0) is 21.0. The zero-order valence-corrected chi connectivity index (χ0v) is 17.5. The van der Waals surface area contributed by atoms with Crippen molar-refractivity contribution in [1.29, 1.82) is 0 Å². The maximum absolute atomic E-state index is 13.1. The van der Waals surface area contributed by atoms with Gasteiger partial charge < -0.3 is 10.2 Å². The maximum atomic E-state index is 13.1. The van der Waals surface area contributed by atoms with E-state index in [0.29, 0.717) is 30.0 Å². The van der Waals surface area contributed by atoms with Gasteiger partial charge in [-0.25, -0.2) is 12.8 Å². The summed E-state index contributed by atoms with van der Waals surface area (Å²) in [6, 6.07) is 10.5. The van der Waals surface area contributed by atoms with E-state index >= 15 is 0 Å². The fourth-order valence-electron chi connectivity index (χ4n) is 3.40. The van der Waals surface area contributed by atoms with Crippen molar-refractivity contribution in [3.05, 3.63) is 53.8 Å². The van der Waals surface area contributed by atoms with Gasteiger partial charge >= 0.3 is 0 Å². The molecular weight excluding hydrogens is 393 g/mol. The molecule has 0 aliphatic carbocycles. The second kappa shape index (κ2) is 8.92. The Hall–Kier alpha value is -2.45. The highest BCUT2D eigenvalue weighted by atomic mass is 32.2. The summed E-state index contributed by atoms with van der Waals surface area (Å²) >= 11 is 0. The fourth-order valence-corrected chi connectivity index (χ4v) is 4.95. The van der Waals surface area contributed by atoms with Crippen molar-refractivity contribution in [3.63, 3.8) is 0 Å². The average molecular weight is 420 g/mol. The van der Waals surface area contributed by atoms with Gasteiger partial charge in [-0.05, 0) is 48.7 Å². The van der Waals surface area contributed by atoms with Gasteiger partial charge in [0.2, 0.25) is 15.9 Å². The number of benzene rings is 2. The van der Waals surface area contributed by atoms with Crippen molar-refractivity contribution in [2.45, 2.75) is 30.6 Å². The van der Waals surface area contributed by atoms with Gasteiger partial charge in [0.05, 0.1) is 22.7 Å². The normalized spacial score (nSPS) is 15.1. The van der Waals surface area contributed by atoms with Gasteiger partial charge in [0.15, 0.2) is 0 Å². The van der Waals surface area contributed by atoms with Gasteiger partial charge in [-0.15, -0.1) is 0 Å². The minimum atomic E-state index is -3.60. The Bertz CT molecular complexity index is 969. The molecule has 156 valence electrons. The molecule has 1 aliphatic heterocycles. The van der Waals surface area contributed by atoms with Crippen LogP contribution in [0.1, 0.15) is 24.8 Å². The summed E-state index contributed by atoms with van der Waals surface area (Å²) < 4.78 is 40.5. The number of hydrogen-bond donors (Lipinski definition) is 1. The van der Waals surface area contributed by atoms with Gasteiger partial charge in [0.25, 0.3) is 0 Å². The topological polar surface area (TPSA) is 69.7 Å². The van der Waals surface area contributed by atoms with Crippen LogP contribution in [0.5, 0.6) is 0 Å². The van der Waals surface area contributed by atoms with Gasteiger partial charge in [-0.2, -0.15) is 4.31 Å². The summed E-state index contributed by atoms with van der Waals surface area (Å²) in [5.41, 5.74) is 1.81. The Morgan fingerprint density at radius 2 is 1.72 bits per heavy atom. The number of hydrogen-bond acceptors (Lipinski definition) is 4. The van der Waals surface area contributed by atoms with Crippen LogP contribution in [0.25, 0.3) is 0 Å². The number of sulfonamides is 1. The number of rotatable bonds is 6. The van der Waals surface area contributed by atoms with Crippen molar-refractivity contribution in [3.8, 4) is 0 Å². The van der Waals surface area contributed by atoms with Crippen LogP contribution in [-0.4, -0.2) is 45.8 Å². The molecule has 0 unspecified atom stereocenters. The molecule has 1 amide bonds. The van der Waals surface area contributed by atoms with Gasteiger partial charge in [-0.3, -0.25) is 4.79 Å². The highest BCUT2D eigenvalue weighted by Gasteiger charge is 2.27. The Morgan fingerprint density at radius 3 is 2.34 bits per heavy atom. The summed E-state index contributed by atoms with van der Waals surface area (Å²) in [6.45, 7) is 1.04. The number of amides is 1. The van der Waals surface area contributed by atoms with Crippen LogP contribution in [0.2, 0.25) is 0 Å². The van der Waals surface area contributed by atoms with E-state index in [1.807, 2.05) is 19.0 Å². The standard InChI is InChI=1S/C21H26FN3O3S/c1-24(2)20-11-10-18(29(27,28)25-12-4-3-5-13-25)15-19(20)23-21(26)14-16-6-8-17(22)9-7-16/h6-11,15H,3-5,12-14H2,1-2H3,(H,23,26). The summed E-state index contributed by atoms with van der Waals surface area (Å²) in [5.74, 6) is -0.660. The number of carbonyl (C=O) groups is 1. The summed E-state index contributed by atoms with van der Waals surface area (Å²) in [5, 5.41) is 2.81. The quantitative estimate of drug-likeness (QED) is 0.780. The van der Waals surface area contributed by atoms with E-state index in [1.54, 1.807) is 24.3 Å². The summed E-state index contributed by atoms with van der Waals surface area (Å²) in [7, 11) is 0.0418. The first-order chi connectivity index (χ1) is 13.8. The lowest BCUT2D eigenvalue weighted by Gasteiger charge is -2.26. The van der Waals surface area contributed by atoms with Crippen LogP contribution < -0.4 is 10.2 Å². The van der Waals surface area contributed by atoms with Crippen LogP contribution >= 0.6 is 0 Å². The first-order valence-electron chi connectivity index (χ1n) is 9.63. The third kappa shape index (κ3) is 5.13. The first-order valence-corrected chi connectivity index (χ1v) is 11.1. The van der Waals surface area contributed by atoms with E-state index in [4.69, 9.17) is 0 Å². The molecule has 29 heavy (non-hydrogen) atoms. The molecule has 0 radical (unpaired) electrons. The van der Waals surface area contributed by atoms with E-state index in [-0.39, 0.29) is 23.0 Å². The summed E-state index contributed by atoms with van der Waals surface area (Å²) in [6.07, 6.45) is 2.82. The lowest BCUT2D eigenvalue weighted by Crippen LogP contribution is -2.35. The number of piperidine rings is 1. The van der Waals surface area contributed by atoms with Gasteiger partial charge in [0.1, 0.15) is 5.82 Å². The Morgan fingerprint density at radius 1 is 1.07 bits per heavy atom. The molecule has 0 aromatic heterocycles. The van der Waals surface area contributed by atoms with Crippen LogP contribution in [-0.2, 0) is 21.2 Å². The predicted molar refractivity (Wildman–Crippen MR) is 112 cm³/mol. The molecule has 1 heterocycles. The Balaban J connectivity index is 1.85. The monoisotopic (exact) mass is 419 g/mol. The Kier molecular flexibility index (Phi) is 6.54. The number of nitrogens with zero attached hydrogens (tertiary/aromatic N) is 2. The molecule has 1 fully saturated rings. The third-order valence-corrected chi connectivity index (χ3v) is 6.85. The first kappa shape index (κ1) is 21.3. The van der Waals surface area contributed by atoms with Crippen LogP contribution in [0, 0.1) is 5.82 Å². The molecule has 2 aromatic rings. The van der Waals surface area contributed by atoms with Crippen molar-refractivity contribution in [1.82, 2.24) is 4.31 Å². The average Bonchev–Trinajstić information content (AvgIpc) is 2.70. The second-order valence-electron chi connectivity index (χ2n) is 7.39. The molecule has 1 saturated heterocycles. The molecule has 0 bridgehead atoms. The SMILES string of the molecule is CN(C)c1ccc(S(=O)(=O)N2CCCCC2)cc1NC(=O)Cc1ccc(F)cc1. The fraction of sp³-hybridized carbons (Fsp3) is 0.381. The van der Waals surface area contributed by atoms with E-state index in [2.05, 4.69) is 5.32 Å². The van der Waals surface area contributed by atoms with Crippen LogP contribution in [0.4, 0.5) is 15.8 Å². The predicted octanol–water partition coefficient (Wildman–Crippen LogP) is 3.25. The molecule has 2 aromatic carbocycles. The van der Waals surface area contributed by atoms with E-state index in [9.17, 15) is 17.6 Å². The van der Waals surface area contributed by atoms with E-state index in [0.717, 1.165) is 19.3 Å². The second-order valence-corrected chi connectivity index (χ2v) is 9.33. The van der Waals surface area contributed by atoms with Gasteiger partial charge in [-0.1, -0.05) is 18.6 Å². The van der Waals surface area contributed by atoms with Crippen molar-refractivity contribution >= 4 is 27.3 Å². The molecular formula is C21H26FN3O3S. The van der Waals surface area contributed by atoms with Crippen LogP contribution in [0.15, 0.2) is 47.4 Å². The molecule has 0 spiro atoms. The number of carbonyl (C=O) groups excluding carboxylic acids is 1. The smallest absolute Gasteiger partial charge is 0.243 e. The van der Waals surface area contributed by atoms with Crippen molar-refractivity contribution < 1.29 is 17.6 Å². The molecule has 1 N–H and O–H groups in total. The number of halogens is 1. The highest BCUT2D eigenvalue weighted by Crippen LogP contribution is 2.30. The molecule has 0 saturated carbocycles. The van der Waals surface area contributed by atoms with E-state index in [1.165, 1.54) is 22.5 Å². The maximum Gasteiger partial charge on any atom is 0.243 e. The van der Waals surface area contributed by atoms with Gasteiger partial charge in [0, 0.05) is 27.2 Å². The zero-order valence-electron chi connectivity index (χ0n) is 16.7. The minimum absolute atomic E-state index is 0.0657. The lowest BCUT2D eigenvalue weighted by molar-refractivity contribution is -0.115. The molecule has 3 rings (SSSR count). The lowest BCUT2D eigenvalue weighted by atomic mass is 10.1. The summed E-state index contributed by atoms with van der Waals surface area (Å²) in [4.78, 5) is 14.5. The molecule has 6 nitrogen and oxygen atoms in total. The molecule has 1 aliphatic rings. The van der Waals surface area contributed by atoms with Crippen molar-refractivity contribution in [2.75, 3.05) is 37.4 Å². The van der Waals surface area contributed by atoms with E-state index < -0.39 is 10.0 Å². The number of nitrogens with one attached hydrogen (secondary N) is 1. The van der Waals surface area contributed by atoms with Crippen LogP contribution in [0.3, 0.4) is 0 Å². The largest absolute Gasteiger partial charge is 0.376 e. The van der Waals surface area contributed by atoms with Crippen molar-refractivity contribution in [2.24, 2.45) is 0 Å². The number of anilines is 2. The molecule has 0 atom stereocenters. The minimum Gasteiger partial charge on any atom is -0.376 e.